The van der Waals surface area contributed by atoms with E-state index in [1.807, 2.05) is 0 Å². The summed E-state index contributed by atoms with van der Waals surface area (Å²) in [7, 11) is 0. The Kier molecular flexibility index (Phi) is 5.45. The summed E-state index contributed by atoms with van der Waals surface area (Å²) in [6, 6.07) is 9.47. The molecule has 1 aromatic rings. The summed E-state index contributed by atoms with van der Waals surface area (Å²) in [6.45, 7) is 7.91. The minimum absolute atomic E-state index is 0.552. The van der Waals surface area contributed by atoms with Crippen LogP contribution in [-0.2, 0) is 0 Å². The van der Waals surface area contributed by atoms with Crippen molar-refractivity contribution < 1.29 is 0 Å². The van der Waals surface area contributed by atoms with Crippen molar-refractivity contribution in [1.82, 2.24) is 5.32 Å². The molecule has 1 fully saturated rings. The van der Waals surface area contributed by atoms with E-state index in [2.05, 4.69) is 50.4 Å². The van der Waals surface area contributed by atoms with Crippen molar-refractivity contribution in [2.45, 2.75) is 58.9 Å². The van der Waals surface area contributed by atoms with Gasteiger partial charge in [0, 0.05) is 6.04 Å². The number of hydrogen-bond acceptors (Lipinski definition) is 1. The highest BCUT2D eigenvalue weighted by molar-refractivity contribution is 5.29. The van der Waals surface area contributed by atoms with Gasteiger partial charge in [-0.15, -0.1) is 0 Å². The third-order valence-corrected chi connectivity index (χ3v) is 4.87. The standard InChI is InChI=1S/C18H29N/c1-4-15-11-7-9-13-17(15)18(19-5-2)16-12-8-6-10-14(16)3/h6,8,10,12,15,17-19H,4-5,7,9,11,13H2,1-3H3. The van der Waals surface area contributed by atoms with Gasteiger partial charge < -0.3 is 5.32 Å². The Morgan fingerprint density at radius 2 is 1.89 bits per heavy atom. The third kappa shape index (κ3) is 3.39. The molecule has 0 radical (unpaired) electrons. The van der Waals surface area contributed by atoms with Gasteiger partial charge in [-0.2, -0.15) is 0 Å². The second kappa shape index (κ2) is 7.09. The van der Waals surface area contributed by atoms with Gasteiger partial charge in [-0.25, -0.2) is 0 Å². The van der Waals surface area contributed by atoms with Crippen LogP contribution in [-0.4, -0.2) is 6.54 Å². The fourth-order valence-corrected chi connectivity index (χ4v) is 3.83. The summed E-state index contributed by atoms with van der Waals surface area (Å²) in [5.41, 5.74) is 2.96. The van der Waals surface area contributed by atoms with Crippen molar-refractivity contribution >= 4 is 0 Å². The summed E-state index contributed by atoms with van der Waals surface area (Å²) in [4.78, 5) is 0. The fraction of sp³-hybridized carbons (Fsp3) is 0.667. The van der Waals surface area contributed by atoms with E-state index in [-0.39, 0.29) is 0 Å². The second-order valence-corrected chi connectivity index (χ2v) is 6.01. The highest BCUT2D eigenvalue weighted by Gasteiger charge is 2.31. The van der Waals surface area contributed by atoms with E-state index in [9.17, 15) is 0 Å². The van der Waals surface area contributed by atoms with Crippen LogP contribution >= 0.6 is 0 Å². The first kappa shape index (κ1) is 14.6. The average molecular weight is 259 g/mol. The normalized spacial score (nSPS) is 25.2. The maximum Gasteiger partial charge on any atom is 0.0353 e. The van der Waals surface area contributed by atoms with Crippen LogP contribution in [0.1, 0.15) is 63.1 Å². The first-order valence-corrected chi connectivity index (χ1v) is 8.06. The van der Waals surface area contributed by atoms with Crippen LogP contribution in [0.5, 0.6) is 0 Å². The molecule has 1 heteroatoms. The van der Waals surface area contributed by atoms with Crippen LogP contribution in [0.4, 0.5) is 0 Å². The Morgan fingerprint density at radius 3 is 2.58 bits per heavy atom. The van der Waals surface area contributed by atoms with Crippen molar-refractivity contribution in [2.24, 2.45) is 11.8 Å². The van der Waals surface area contributed by atoms with Crippen molar-refractivity contribution in [2.75, 3.05) is 6.54 Å². The number of hydrogen-bond donors (Lipinski definition) is 1. The average Bonchev–Trinajstić information content (AvgIpc) is 2.46. The van der Waals surface area contributed by atoms with E-state index in [0.717, 1.165) is 18.4 Å². The lowest BCUT2D eigenvalue weighted by molar-refractivity contribution is 0.176. The molecule has 1 nitrogen and oxygen atoms in total. The molecule has 0 aromatic heterocycles. The van der Waals surface area contributed by atoms with Gasteiger partial charge in [0.2, 0.25) is 0 Å². The Labute approximate surface area is 118 Å². The highest BCUT2D eigenvalue weighted by atomic mass is 14.9. The smallest absolute Gasteiger partial charge is 0.0353 e. The quantitative estimate of drug-likeness (QED) is 0.796. The molecule has 0 bridgehead atoms. The first-order chi connectivity index (χ1) is 9.27. The molecular formula is C18H29N. The molecule has 2 rings (SSSR count). The van der Waals surface area contributed by atoms with Crippen molar-refractivity contribution in [1.29, 1.82) is 0 Å². The molecule has 0 saturated heterocycles. The minimum atomic E-state index is 0.552. The van der Waals surface area contributed by atoms with Gasteiger partial charge in [0.1, 0.15) is 0 Å². The predicted molar refractivity (Wildman–Crippen MR) is 83.3 cm³/mol. The zero-order chi connectivity index (χ0) is 13.7. The van der Waals surface area contributed by atoms with Crippen LogP contribution in [0.25, 0.3) is 0 Å². The van der Waals surface area contributed by atoms with Crippen LogP contribution < -0.4 is 5.32 Å². The minimum Gasteiger partial charge on any atom is -0.310 e. The first-order valence-electron chi connectivity index (χ1n) is 8.06. The molecule has 1 aromatic carbocycles. The predicted octanol–water partition coefficient (Wildman–Crippen LogP) is 4.86. The third-order valence-electron chi connectivity index (χ3n) is 4.87. The molecule has 1 saturated carbocycles. The summed E-state index contributed by atoms with van der Waals surface area (Å²) < 4.78 is 0. The number of rotatable bonds is 5. The lowest BCUT2D eigenvalue weighted by Crippen LogP contribution is -2.34. The highest BCUT2D eigenvalue weighted by Crippen LogP contribution is 2.40. The molecule has 0 heterocycles. The molecule has 1 N–H and O–H groups in total. The van der Waals surface area contributed by atoms with E-state index in [1.165, 1.54) is 43.2 Å². The van der Waals surface area contributed by atoms with Gasteiger partial charge in [0.15, 0.2) is 0 Å². The van der Waals surface area contributed by atoms with Gasteiger partial charge in [-0.1, -0.05) is 63.8 Å². The fourth-order valence-electron chi connectivity index (χ4n) is 3.83. The maximum atomic E-state index is 3.77. The molecule has 106 valence electrons. The molecule has 3 atom stereocenters. The lowest BCUT2D eigenvalue weighted by Gasteiger charge is -2.38. The van der Waals surface area contributed by atoms with E-state index in [4.69, 9.17) is 0 Å². The Balaban J connectivity index is 2.26. The second-order valence-electron chi connectivity index (χ2n) is 6.01. The molecule has 19 heavy (non-hydrogen) atoms. The van der Waals surface area contributed by atoms with Crippen LogP contribution in [0.3, 0.4) is 0 Å². The van der Waals surface area contributed by atoms with Crippen molar-refractivity contribution in [3.63, 3.8) is 0 Å². The zero-order valence-electron chi connectivity index (χ0n) is 12.8. The van der Waals surface area contributed by atoms with E-state index in [0.29, 0.717) is 6.04 Å². The van der Waals surface area contributed by atoms with E-state index in [1.54, 1.807) is 0 Å². The van der Waals surface area contributed by atoms with Crippen LogP contribution in [0, 0.1) is 18.8 Å². The Hall–Kier alpha value is -0.820. The zero-order valence-corrected chi connectivity index (χ0v) is 12.8. The molecular weight excluding hydrogens is 230 g/mol. The molecule has 0 amide bonds. The van der Waals surface area contributed by atoms with Gasteiger partial charge in [0.05, 0.1) is 0 Å². The van der Waals surface area contributed by atoms with Crippen molar-refractivity contribution in [3.05, 3.63) is 35.4 Å². The molecule has 3 unspecified atom stereocenters. The van der Waals surface area contributed by atoms with Gasteiger partial charge in [0.25, 0.3) is 0 Å². The molecule has 1 aliphatic rings. The summed E-state index contributed by atoms with van der Waals surface area (Å²) >= 11 is 0. The SMILES string of the molecule is CCNC(c1ccccc1C)C1CCCCC1CC. The monoisotopic (exact) mass is 259 g/mol. The lowest BCUT2D eigenvalue weighted by atomic mass is 9.72. The van der Waals surface area contributed by atoms with Crippen LogP contribution in [0.15, 0.2) is 24.3 Å². The summed E-state index contributed by atoms with van der Waals surface area (Å²) in [6.07, 6.45) is 6.99. The number of benzene rings is 1. The Morgan fingerprint density at radius 1 is 1.16 bits per heavy atom. The number of nitrogens with one attached hydrogen (secondary N) is 1. The van der Waals surface area contributed by atoms with E-state index >= 15 is 0 Å². The van der Waals surface area contributed by atoms with Gasteiger partial charge >= 0.3 is 0 Å². The van der Waals surface area contributed by atoms with Crippen molar-refractivity contribution in [3.8, 4) is 0 Å². The largest absolute Gasteiger partial charge is 0.310 e. The maximum absolute atomic E-state index is 3.77. The van der Waals surface area contributed by atoms with E-state index < -0.39 is 0 Å². The van der Waals surface area contributed by atoms with Crippen LogP contribution in [0.2, 0.25) is 0 Å². The van der Waals surface area contributed by atoms with Gasteiger partial charge in [-0.05, 0) is 42.9 Å². The van der Waals surface area contributed by atoms with Gasteiger partial charge in [-0.3, -0.25) is 0 Å². The molecule has 1 aliphatic carbocycles. The summed E-state index contributed by atoms with van der Waals surface area (Å²) in [5, 5.41) is 3.77. The number of aryl methyl sites for hydroxylation is 1. The molecule has 0 aliphatic heterocycles. The summed E-state index contributed by atoms with van der Waals surface area (Å²) in [5.74, 6) is 1.72. The molecule has 0 spiro atoms. The Bertz CT molecular complexity index is 385. The topological polar surface area (TPSA) is 12.0 Å².